The Balaban J connectivity index is 2.36. The first-order chi connectivity index (χ1) is 8.65. The van der Waals surface area contributed by atoms with Gasteiger partial charge >= 0.3 is 0 Å². The molecule has 1 aromatic carbocycles. The van der Waals surface area contributed by atoms with E-state index in [1.807, 2.05) is 32.0 Å². The highest BCUT2D eigenvalue weighted by atomic mass is 16.5. The Labute approximate surface area is 110 Å². The predicted octanol–water partition coefficient (Wildman–Crippen LogP) is 3.35. The summed E-state index contributed by atoms with van der Waals surface area (Å²) in [5, 5.41) is 9.10. The van der Waals surface area contributed by atoms with E-state index in [1.165, 1.54) is 11.1 Å². The Morgan fingerprint density at radius 1 is 1.33 bits per heavy atom. The van der Waals surface area contributed by atoms with E-state index >= 15 is 0 Å². The number of benzene rings is 1. The summed E-state index contributed by atoms with van der Waals surface area (Å²) in [4.78, 5) is 0. The minimum atomic E-state index is -0.0514. The van der Waals surface area contributed by atoms with E-state index in [-0.39, 0.29) is 18.8 Å². The fourth-order valence-corrected chi connectivity index (χ4v) is 2.01. The fourth-order valence-electron chi connectivity index (χ4n) is 2.01. The largest absolute Gasteiger partial charge is 0.394 e. The van der Waals surface area contributed by atoms with Gasteiger partial charge in [-0.1, -0.05) is 49.4 Å². The van der Waals surface area contributed by atoms with Crippen LogP contribution in [0.2, 0.25) is 0 Å². The highest BCUT2D eigenvalue weighted by Crippen LogP contribution is 2.14. The van der Waals surface area contributed by atoms with Crippen molar-refractivity contribution in [1.82, 2.24) is 0 Å². The van der Waals surface area contributed by atoms with Crippen LogP contribution in [0.5, 0.6) is 0 Å². The molecule has 1 aromatic rings. The molecule has 2 nitrogen and oxygen atoms in total. The molecule has 0 amide bonds. The fraction of sp³-hybridized carbons (Fsp3) is 0.500. The molecule has 100 valence electrons. The lowest BCUT2D eigenvalue weighted by atomic mass is 10.0. The van der Waals surface area contributed by atoms with Gasteiger partial charge in [0.25, 0.3) is 0 Å². The van der Waals surface area contributed by atoms with Gasteiger partial charge in [-0.3, -0.25) is 0 Å². The van der Waals surface area contributed by atoms with Gasteiger partial charge < -0.3 is 9.84 Å². The summed E-state index contributed by atoms with van der Waals surface area (Å²) < 4.78 is 5.75. The van der Waals surface area contributed by atoms with Crippen LogP contribution in [-0.4, -0.2) is 23.9 Å². The van der Waals surface area contributed by atoms with Crippen LogP contribution in [0, 0.1) is 0 Å². The molecule has 1 rings (SSSR count). The summed E-state index contributed by atoms with van der Waals surface area (Å²) in [7, 11) is 0. The molecular formula is C16H24O2. The Morgan fingerprint density at radius 3 is 2.56 bits per heavy atom. The van der Waals surface area contributed by atoms with Crippen LogP contribution in [0.25, 0.3) is 0 Å². The minimum absolute atomic E-state index is 0.0514. The van der Waals surface area contributed by atoms with Crippen molar-refractivity contribution in [2.24, 2.45) is 0 Å². The van der Waals surface area contributed by atoms with Gasteiger partial charge in [-0.05, 0) is 31.7 Å². The molecule has 1 N–H and O–H groups in total. The lowest BCUT2D eigenvalue weighted by Gasteiger charge is -2.20. The first-order valence-corrected chi connectivity index (χ1v) is 6.62. The van der Waals surface area contributed by atoms with Crippen LogP contribution in [0.15, 0.2) is 42.5 Å². The number of aliphatic hydroxyl groups excluding tert-OH is 1. The van der Waals surface area contributed by atoms with E-state index in [9.17, 15) is 0 Å². The summed E-state index contributed by atoms with van der Waals surface area (Å²) in [5.74, 6) is 0. The van der Waals surface area contributed by atoms with Crippen LogP contribution in [0.4, 0.5) is 0 Å². The molecule has 0 aliphatic carbocycles. The van der Waals surface area contributed by atoms with Crippen molar-refractivity contribution in [2.45, 2.75) is 45.3 Å². The second-order valence-electron chi connectivity index (χ2n) is 4.78. The number of aliphatic hydroxyl groups is 1. The quantitative estimate of drug-likeness (QED) is 0.715. The zero-order valence-corrected chi connectivity index (χ0v) is 11.4. The lowest BCUT2D eigenvalue weighted by molar-refractivity contribution is -0.0320. The first kappa shape index (κ1) is 14.9. The maximum absolute atomic E-state index is 9.10. The van der Waals surface area contributed by atoms with E-state index in [1.54, 1.807) is 0 Å². The molecule has 0 aromatic heterocycles. The second-order valence-corrected chi connectivity index (χ2v) is 4.78. The summed E-state index contributed by atoms with van der Waals surface area (Å²) in [6.07, 6.45) is 2.63. The van der Waals surface area contributed by atoms with Gasteiger partial charge in [0.2, 0.25) is 0 Å². The molecule has 0 aliphatic rings. The maximum Gasteiger partial charge on any atom is 0.0806 e. The van der Waals surface area contributed by atoms with Crippen molar-refractivity contribution in [1.29, 1.82) is 0 Å². The molecule has 2 atom stereocenters. The molecule has 2 heteroatoms. The van der Waals surface area contributed by atoms with Crippen LogP contribution >= 0.6 is 0 Å². The average molecular weight is 248 g/mol. The lowest BCUT2D eigenvalue weighted by Crippen LogP contribution is -2.23. The Morgan fingerprint density at radius 2 is 2.00 bits per heavy atom. The second kappa shape index (κ2) is 8.06. The van der Waals surface area contributed by atoms with Gasteiger partial charge in [-0.25, -0.2) is 0 Å². The average Bonchev–Trinajstić information content (AvgIpc) is 2.36. The van der Waals surface area contributed by atoms with Crippen LogP contribution < -0.4 is 0 Å². The van der Waals surface area contributed by atoms with Crippen molar-refractivity contribution < 1.29 is 9.84 Å². The predicted molar refractivity (Wildman–Crippen MR) is 75.6 cm³/mol. The van der Waals surface area contributed by atoms with Crippen LogP contribution in [0.3, 0.4) is 0 Å². The first-order valence-electron chi connectivity index (χ1n) is 6.62. The van der Waals surface area contributed by atoms with Crippen molar-refractivity contribution >= 4 is 0 Å². The van der Waals surface area contributed by atoms with Crippen molar-refractivity contribution in [2.75, 3.05) is 6.61 Å². The van der Waals surface area contributed by atoms with Crippen molar-refractivity contribution in [3.05, 3.63) is 48.0 Å². The molecular weight excluding hydrogens is 224 g/mol. The topological polar surface area (TPSA) is 29.5 Å². The Kier molecular flexibility index (Phi) is 6.69. The van der Waals surface area contributed by atoms with Crippen molar-refractivity contribution in [3.63, 3.8) is 0 Å². The molecule has 18 heavy (non-hydrogen) atoms. The third-order valence-electron chi connectivity index (χ3n) is 2.96. The summed E-state index contributed by atoms with van der Waals surface area (Å²) in [6, 6.07) is 10.3. The van der Waals surface area contributed by atoms with Gasteiger partial charge in [0.15, 0.2) is 0 Å². The highest BCUT2D eigenvalue weighted by Gasteiger charge is 2.11. The molecule has 0 heterocycles. The SMILES string of the molecule is C=C(Cc1ccccc1)CC(C)OC(CC)CO. The number of ether oxygens (including phenoxy) is 1. The number of rotatable bonds is 8. The smallest absolute Gasteiger partial charge is 0.0806 e. The Bertz CT molecular complexity index is 341. The molecule has 0 fully saturated rings. The van der Waals surface area contributed by atoms with E-state index in [0.29, 0.717) is 0 Å². The molecule has 0 aliphatic heterocycles. The monoisotopic (exact) mass is 248 g/mol. The summed E-state index contributed by atoms with van der Waals surface area (Å²) in [6.45, 7) is 8.25. The van der Waals surface area contributed by atoms with E-state index in [4.69, 9.17) is 9.84 Å². The van der Waals surface area contributed by atoms with Gasteiger partial charge in [-0.15, -0.1) is 0 Å². The van der Waals surface area contributed by atoms with Gasteiger partial charge in [0.05, 0.1) is 18.8 Å². The molecule has 0 bridgehead atoms. The zero-order chi connectivity index (χ0) is 13.4. The molecule has 0 radical (unpaired) electrons. The Hall–Kier alpha value is -1.12. The minimum Gasteiger partial charge on any atom is -0.394 e. The standard InChI is InChI=1S/C16H24O2/c1-4-16(12-17)18-14(3)10-13(2)11-15-8-6-5-7-9-15/h5-9,14,16-17H,2,4,10-12H2,1,3H3. The van der Waals surface area contributed by atoms with E-state index in [0.717, 1.165) is 19.3 Å². The highest BCUT2D eigenvalue weighted by molar-refractivity contribution is 5.20. The number of hydrogen-bond acceptors (Lipinski definition) is 2. The molecule has 0 saturated carbocycles. The number of hydrogen-bond donors (Lipinski definition) is 1. The maximum atomic E-state index is 9.10. The van der Waals surface area contributed by atoms with Crippen LogP contribution in [0.1, 0.15) is 32.3 Å². The van der Waals surface area contributed by atoms with Crippen LogP contribution in [-0.2, 0) is 11.2 Å². The molecule has 0 spiro atoms. The molecule has 2 unspecified atom stereocenters. The van der Waals surface area contributed by atoms with Gasteiger partial charge in [0.1, 0.15) is 0 Å². The van der Waals surface area contributed by atoms with E-state index < -0.39 is 0 Å². The van der Waals surface area contributed by atoms with Gasteiger partial charge in [0, 0.05) is 0 Å². The third kappa shape index (κ3) is 5.48. The van der Waals surface area contributed by atoms with Gasteiger partial charge in [-0.2, -0.15) is 0 Å². The third-order valence-corrected chi connectivity index (χ3v) is 2.96. The summed E-state index contributed by atoms with van der Waals surface area (Å²) in [5.41, 5.74) is 2.45. The van der Waals surface area contributed by atoms with E-state index in [2.05, 4.69) is 18.7 Å². The normalized spacial score (nSPS) is 14.2. The summed E-state index contributed by atoms with van der Waals surface area (Å²) >= 11 is 0. The molecule has 0 saturated heterocycles. The van der Waals surface area contributed by atoms with Crippen molar-refractivity contribution in [3.8, 4) is 0 Å². The zero-order valence-electron chi connectivity index (χ0n) is 11.4.